The van der Waals surface area contributed by atoms with Crippen LogP contribution in [0.2, 0.25) is 0 Å². The number of aromatic amines is 1. The number of aromatic nitrogens is 2. The number of hydrogen-bond acceptors (Lipinski definition) is 5. The minimum atomic E-state index is -0.495. The number of furan rings is 1. The molecular formula is C18H25N5O3. The predicted molar refractivity (Wildman–Crippen MR) is 95.1 cm³/mol. The minimum Gasteiger partial charge on any atom is -0.465 e. The van der Waals surface area contributed by atoms with Gasteiger partial charge in [0.15, 0.2) is 0 Å². The molecule has 3 heterocycles. The first-order chi connectivity index (χ1) is 12.4. The first-order valence-corrected chi connectivity index (χ1v) is 8.74. The Morgan fingerprint density at radius 2 is 2.23 bits per heavy atom. The van der Waals surface area contributed by atoms with Gasteiger partial charge in [-0.1, -0.05) is 0 Å². The van der Waals surface area contributed by atoms with Crippen LogP contribution in [-0.4, -0.2) is 58.0 Å². The second-order valence-electron chi connectivity index (χ2n) is 6.79. The van der Waals surface area contributed by atoms with Gasteiger partial charge < -0.3 is 14.6 Å². The number of H-pyrrole nitrogens is 1. The standard InChI is InChI=1S/C18H25N5O3/c1-12-8-14(21-20-12)10-22(3)17(24)9-16-18(25)19-6-7-23(16)11-15-5-4-13(2)26-15/h4-5,8,16H,6-7,9-11H2,1-3H3,(H,19,25)(H,20,21). The SMILES string of the molecule is Cc1cc(CN(C)C(=O)CC2C(=O)NCCN2Cc2ccc(C)o2)n[nH]1. The van der Waals surface area contributed by atoms with Crippen molar-refractivity contribution in [1.29, 1.82) is 0 Å². The molecule has 2 aromatic heterocycles. The maximum absolute atomic E-state index is 12.6. The van der Waals surface area contributed by atoms with Crippen molar-refractivity contribution in [2.24, 2.45) is 0 Å². The van der Waals surface area contributed by atoms with Crippen molar-refractivity contribution >= 4 is 11.8 Å². The highest BCUT2D eigenvalue weighted by Crippen LogP contribution is 2.17. The van der Waals surface area contributed by atoms with Gasteiger partial charge in [0.1, 0.15) is 11.5 Å². The van der Waals surface area contributed by atoms with E-state index in [0.29, 0.717) is 26.2 Å². The lowest BCUT2D eigenvalue weighted by Crippen LogP contribution is -2.56. The summed E-state index contributed by atoms with van der Waals surface area (Å²) in [4.78, 5) is 28.6. The zero-order valence-electron chi connectivity index (χ0n) is 15.4. The second kappa shape index (κ2) is 7.74. The van der Waals surface area contributed by atoms with Crippen molar-refractivity contribution in [1.82, 2.24) is 25.3 Å². The third-order valence-corrected chi connectivity index (χ3v) is 4.55. The van der Waals surface area contributed by atoms with E-state index in [1.807, 2.05) is 36.9 Å². The number of hydrogen-bond donors (Lipinski definition) is 2. The third-order valence-electron chi connectivity index (χ3n) is 4.55. The maximum atomic E-state index is 12.6. The van der Waals surface area contributed by atoms with E-state index in [9.17, 15) is 9.59 Å². The number of carbonyl (C=O) groups is 2. The van der Waals surface area contributed by atoms with E-state index in [0.717, 1.165) is 22.9 Å². The largest absolute Gasteiger partial charge is 0.465 e. The van der Waals surface area contributed by atoms with Crippen LogP contribution >= 0.6 is 0 Å². The first-order valence-electron chi connectivity index (χ1n) is 8.74. The quantitative estimate of drug-likeness (QED) is 0.801. The van der Waals surface area contributed by atoms with Crippen molar-refractivity contribution in [3.05, 3.63) is 41.1 Å². The normalized spacial score (nSPS) is 18.0. The van der Waals surface area contributed by atoms with Crippen LogP contribution < -0.4 is 5.32 Å². The van der Waals surface area contributed by atoms with Gasteiger partial charge in [-0.3, -0.25) is 19.6 Å². The van der Waals surface area contributed by atoms with Gasteiger partial charge in [-0.25, -0.2) is 0 Å². The van der Waals surface area contributed by atoms with Crippen LogP contribution in [0.5, 0.6) is 0 Å². The molecule has 1 fully saturated rings. The Labute approximate surface area is 152 Å². The van der Waals surface area contributed by atoms with E-state index in [1.165, 1.54) is 0 Å². The van der Waals surface area contributed by atoms with Crippen molar-refractivity contribution in [2.75, 3.05) is 20.1 Å². The van der Waals surface area contributed by atoms with Crippen molar-refractivity contribution < 1.29 is 14.0 Å². The molecule has 2 N–H and O–H groups in total. The number of nitrogens with one attached hydrogen (secondary N) is 2. The Hall–Kier alpha value is -2.61. The molecule has 0 saturated carbocycles. The maximum Gasteiger partial charge on any atom is 0.237 e. The minimum absolute atomic E-state index is 0.0895. The van der Waals surface area contributed by atoms with Crippen LogP contribution in [0, 0.1) is 13.8 Å². The highest BCUT2D eigenvalue weighted by atomic mass is 16.3. The van der Waals surface area contributed by atoms with Crippen LogP contribution in [0.4, 0.5) is 0 Å². The van der Waals surface area contributed by atoms with Gasteiger partial charge in [0.05, 0.1) is 31.2 Å². The smallest absolute Gasteiger partial charge is 0.237 e. The Bertz CT molecular complexity index is 781. The molecule has 0 radical (unpaired) electrons. The molecule has 0 spiro atoms. The van der Waals surface area contributed by atoms with Gasteiger partial charge in [-0.05, 0) is 32.0 Å². The molecule has 1 unspecified atom stereocenters. The van der Waals surface area contributed by atoms with Gasteiger partial charge in [0.2, 0.25) is 11.8 Å². The topological polar surface area (TPSA) is 94.5 Å². The fourth-order valence-corrected chi connectivity index (χ4v) is 3.15. The van der Waals surface area contributed by atoms with Crippen LogP contribution in [0.1, 0.15) is 29.3 Å². The molecule has 0 aromatic carbocycles. The van der Waals surface area contributed by atoms with E-state index in [2.05, 4.69) is 15.5 Å². The summed E-state index contributed by atoms with van der Waals surface area (Å²) in [5, 5.41) is 9.87. The zero-order chi connectivity index (χ0) is 18.7. The molecule has 2 amide bonds. The van der Waals surface area contributed by atoms with Gasteiger partial charge in [-0.2, -0.15) is 5.10 Å². The molecule has 1 aliphatic heterocycles. The summed E-state index contributed by atoms with van der Waals surface area (Å²) in [5.74, 6) is 1.43. The average Bonchev–Trinajstić information content (AvgIpc) is 3.18. The molecule has 1 aliphatic rings. The summed E-state index contributed by atoms with van der Waals surface area (Å²) >= 11 is 0. The van der Waals surface area contributed by atoms with Crippen LogP contribution in [-0.2, 0) is 22.7 Å². The summed E-state index contributed by atoms with van der Waals surface area (Å²) < 4.78 is 5.62. The van der Waals surface area contributed by atoms with Gasteiger partial charge in [0, 0.05) is 25.8 Å². The van der Waals surface area contributed by atoms with Gasteiger partial charge in [0.25, 0.3) is 0 Å². The van der Waals surface area contributed by atoms with E-state index >= 15 is 0 Å². The van der Waals surface area contributed by atoms with Crippen LogP contribution in [0.15, 0.2) is 22.6 Å². The van der Waals surface area contributed by atoms with E-state index in [-0.39, 0.29) is 18.2 Å². The summed E-state index contributed by atoms with van der Waals surface area (Å²) in [7, 11) is 1.73. The molecule has 1 saturated heterocycles. The second-order valence-corrected chi connectivity index (χ2v) is 6.79. The Balaban J connectivity index is 1.63. The number of nitrogens with zero attached hydrogens (tertiary/aromatic N) is 3. The number of amides is 2. The molecule has 140 valence electrons. The molecule has 1 atom stereocenters. The van der Waals surface area contributed by atoms with E-state index in [1.54, 1.807) is 11.9 Å². The monoisotopic (exact) mass is 359 g/mol. The summed E-state index contributed by atoms with van der Waals surface area (Å²) in [6, 6.07) is 5.22. The third kappa shape index (κ3) is 4.32. The summed E-state index contributed by atoms with van der Waals surface area (Å²) in [6.07, 6.45) is 0.130. The van der Waals surface area contributed by atoms with Gasteiger partial charge in [-0.15, -0.1) is 0 Å². The van der Waals surface area contributed by atoms with Gasteiger partial charge >= 0.3 is 0 Å². The predicted octanol–water partition coefficient (Wildman–Crippen LogP) is 0.969. The first kappa shape index (κ1) is 18.2. The molecule has 3 rings (SSSR count). The lowest BCUT2D eigenvalue weighted by atomic mass is 10.1. The zero-order valence-corrected chi connectivity index (χ0v) is 15.4. The van der Waals surface area contributed by atoms with Crippen molar-refractivity contribution in [3.8, 4) is 0 Å². The molecule has 8 heteroatoms. The Morgan fingerprint density at radius 1 is 1.42 bits per heavy atom. The van der Waals surface area contributed by atoms with Crippen molar-refractivity contribution in [3.63, 3.8) is 0 Å². The fraction of sp³-hybridized carbons (Fsp3) is 0.500. The van der Waals surface area contributed by atoms with Crippen LogP contribution in [0.25, 0.3) is 0 Å². The number of rotatable bonds is 6. The highest BCUT2D eigenvalue weighted by Gasteiger charge is 2.33. The summed E-state index contributed by atoms with van der Waals surface area (Å²) in [6.45, 7) is 5.99. The molecule has 0 aliphatic carbocycles. The van der Waals surface area contributed by atoms with Crippen LogP contribution in [0.3, 0.4) is 0 Å². The van der Waals surface area contributed by atoms with E-state index in [4.69, 9.17) is 4.42 Å². The lowest BCUT2D eigenvalue weighted by molar-refractivity contribution is -0.138. The number of piperazine rings is 1. The highest BCUT2D eigenvalue weighted by molar-refractivity contribution is 5.88. The molecule has 2 aromatic rings. The molecule has 0 bridgehead atoms. The number of carbonyl (C=O) groups excluding carboxylic acids is 2. The van der Waals surface area contributed by atoms with Crippen molar-refractivity contribution in [2.45, 2.75) is 39.4 Å². The molecule has 8 nitrogen and oxygen atoms in total. The number of aryl methyl sites for hydroxylation is 2. The summed E-state index contributed by atoms with van der Waals surface area (Å²) in [5.41, 5.74) is 1.75. The lowest BCUT2D eigenvalue weighted by Gasteiger charge is -2.34. The Kier molecular flexibility index (Phi) is 5.41. The van der Waals surface area contributed by atoms with E-state index < -0.39 is 6.04 Å². The average molecular weight is 359 g/mol. The molecule has 26 heavy (non-hydrogen) atoms. The fourth-order valence-electron chi connectivity index (χ4n) is 3.15. The molecular weight excluding hydrogens is 334 g/mol. The Morgan fingerprint density at radius 3 is 2.88 bits per heavy atom.